The highest BCUT2D eigenvalue weighted by molar-refractivity contribution is 7.09. The Morgan fingerprint density at radius 2 is 2.40 bits per heavy atom. The van der Waals surface area contributed by atoms with Gasteiger partial charge in [-0.05, 0) is 36.8 Å². The number of piperidine rings is 2. The molecule has 4 nitrogen and oxygen atoms in total. The summed E-state index contributed by atoms with van der Waals surface area (Å²) in [7, 11) is 1.69. The number of methoxy groups -OCH3 is 1. The molecule has 20 heavy (non-hydrogen) atoms. The zero-order chi connectivity index (χ0) is 13.9. The third kappa shape index (κ3) is 2.90. The van der Waals surface area contributed by atoms with E-state index in [1.54, 1.807) is 18.4 Å². The van der Waals surface area contributed by atoms with Gasteiger partial charge in [0.2, 0.25) is 5.91 Å². The maximum absolute atomic E-state index is 12.6. The molecule has 2 aliphatic heterocycles. The third-order valence-corrected chi connectivity index (χ3v) is 5.26. The number of nitrogens with zero attached hydrogens (tertiary/aromatic N) is 2. The van der Waals surface area contributed by atoms with E-state index in [1.165, 1.54) is 11.3 Å². The van der Waals surface area contributed by atoms with Gasteiger partial charge in [0.1, 0.15) is 0 Å². The summed E-state index contributed by atoms with van der Waals surface area (Å²) in [6.45, 7) is 4.26. The normalized spacial score (nSPS) is 27.1. The van der Waals surface area contributed by atoms with Crippen molar-refractivity contribution < 1.29 is 9.53 Å². The molecule has 0 saturated carbocycles. The van der Waals surface area contributed by atoms with Crippen LogP contribution < -0.4 is 0 Å². The molecule has 2 saturated heterocycles. The Bertz CT molecular complexity index is 449. The van der Waals surface area contributed by atoms with E-state index in [4.69, 9.17) is 4.74 Å². The highest BCUT2D eigenvalue weighted by Crippen LogP contribution is 2.31. The molecule has 2 aliphatic rings. The second-order valence-corrected chi connectivity index (χ2v) is 6.77. The average molecular weight is 294 g/mol. The number of ether oxygens (including phenoxy) is 1. The molecule has 0 aliphatic carbocycles. The molecule has 3 heterocycles. The topological polar surface area (TPSA) is 32.8 Å². The molecule has 2 fully saturated rings. The predicted molar refractivity (Wildman–Crippen MR) is 79.7 cm³/mol. The second-order valence-electron chi connectivity index (χ2n) is 5.73. The van der Waals surface area contributed by atoms with Crippen LogP contribution in [0.1, 0.15) is 17.7 Å². The summed E-state index contributed by atoms with van der Waals surface area (Å²) in [6, 6.07) is 4.33. The van der Waals surface area contributed by atoms with E-state index in [0.717, 1.165) is 32.6 Å². The molecule has 1 aromatic rings. The molecular formula is C15H22N2O2S. The van der Waals surface area contributed by atoms with Gasteiger partial charge in [-0.15, -0.1) is 11.3 Å². The zero-order valence-electron chi connectivity index (χ0n) is 12.0. The SMILES string of the molecule is COCCN1C[C@H]2CCN(Cc3cccs3)[C@H](C2)C1=O. The van der Waals surface area contributed by atoms with Crippen LogP contribution in [0.25, 0.3) is 0 Å². The van der Waals surface area contributed by atoms with Crippen molar-refractivity contribution in [1.29, 1.82) is 0 Å². The molecule has 0 radical (unpaired) electrons. The third-order valence-electron chi connectivity index (χ3n) is 4.40. The molecule has 0 spiro atoms. The Morgan fingerprint density at radius 3 is 3.15 bits per heavy atom. The molecule has 0 N–H and O–H groups in total. The first-order valence-corrected chi connectivity index (χ1v) is 8.20. The van der Waals surface area contributed by atoms with Crippen molar-refractivity contribution in [3.8, 4) is 0 Å². The number of hydrogen-bond donors (Lipinski definition) is 0. The van der Waals surface area contributed by atoms with Gasteiger partial charge in [-0.3, -0.25) is 9.69 Å². The molecule has 2 atom stereocenters. The fraction of sp³-hybridized carbons (Fsp3) is 0.667. The van der Waals surface area contributed by atoms with Gasteiger partial charge in [-0.2, -0.15) is 0 Å². The van der Waals surface area contributed by atoms with Crippen molar-refractivity contribution in [2.24, 2.45) is 5.92 Å². The smallest absolute Gasteiger partial charge is 0.240 e. The molecule has 3 rings (SSSR count). The molecule has 2 bridgehead atoms. The summed E-state index contributed by atoms with van der Waals surface area (Å²) in [4.78, 5) is 18.3. The van der Waals surface area contributed by atoms with Gasteiger partial charge >= 0.3 is 0 Å². The number of carbonyl (C=O) groups excluding carboxylic acids is 1. The van der Waals surface area contributed by atoms with Crippen LogP contribution in [0.15, 0.2) is 17.5 Å². The monoisotopic (exact) mass is 294 g/mol. The Kier molecular flexibility index (Phi) is 4.38. The van der Waals surface area contributed by atoms with Gasteiger partial charge in [-0.25, -0.2) is 0 Å². The number of hydrogen-bond acceptors (Lipinski definition) is 4. The Morgan fingerprint density at radius 1 is 1.50 bits per heavy atom. The van der Waals surface area contributed by atoms with E-state index in [1.807, 2.05) is 4.90 Å². The second kappa shape index (κ2) is 6.24. The molecule has 0 aromatic carbocycles. The van der Waals surface area contributed by atoms with Crippen LogP contribution in [-0.4, -0.2) is 55.1 Å². The molecule has 0 unspecified atom stereocenters. The van der Waals surface area contributed by atoms with Gasteiger partial charge in [0.05, 0.1) is 12.6 Å². The molecule has 5 heteroatoms. The maximum atomic E-state index is 12.6. The lowest BCUT2D eigenvalue weighted by Crippen LogP contribution is -2.58. The number of likely N-dealkylation sites (tertiary alicyclic amines) is 2. The summed E-state index contributed by atoms with van der Waals surface area (Å²) in [5.74, 6) is 0.976. The quantitative estimate of drug-likeness (QED) is 0.830. The van der Waals surface area contributed by atoms with E-state index in [9.17, 15) is 4.79 Å². The van der Waals surface area contributed by atoms with Crippen LogP contribution in [0.4, 0.5) is 0 Å². The minimum absolute atomic E-state index is 0.0847. The lowest BCUT2D eigenvalue weighted by Gasteiger charge is -2.46. The fourth-order valence-electron chi connectivity index (χ4n) is 3.32. The van der Waals surface area contributed by atoms with Crippen LogP contribution in [0, 0.1) is 5.92 Å². The number of carbonyl (C=O) groups is 1. The van der Waals surface area contributed by atoms with Crippen molar-refractivity contribution in [2.75, 3.05) is 33.4 Å². The number of amides is 1. The van der Waals surface area contributed by atoms with Crippen molar-refractivity contribution in [1.82, 2.24) is 9.80 Å². The highest BCUT2D eigenvalue weighted by Gasteiger charge is 2.40. The van der Waals surface area contributed by atoms with E-state index in [-0.39, 0.29) is 6.04 Å². The summed E-state index contributed by atoms with van der Waals surface area (Å²) in [5, 5.41) is 2.11. The van der Waals surface area contributed by atoms with Crippen LogP contribution in [0.3, 0.4) is 0 Å². The van der Waals surface area contributed by atoms with Gasteiger partial charge in [-0.1, -0.05) is 6.07 Å². The van der Waals surface area contributed by atoms with E-state index >= 15 is 0 Å². The molecular weight excluding hydrogens is 272 g/mol. The van der Waals surface area contributed by atoms with Gasteiger partial charge in [0.25, 0.3) is 0 Å². The lowest BCUT2D eigenvalue weighted by atomic mass is 9.86. The number of rotatable bonds is 5. The Balaban J connectivity index is 1.67. The first-order valence-electron chi connectivity index (χ1n) is 7.32. The highest BCUT2D eigenvalue weighted by atomic mass is 32.1. The van der Waals surface area contributed by atoms with Crippen molar-refractivity contribution >= 4 is 17.2 Å². The van der Waals surface area contributed by atoms with Crippen LogP contribution in [0.5, 0.6) is 0 Å². The average Bonchev–Trinajstić information content (AvgIpc) is 2.96. The first-order chi connectivity index (χ1) is 9.78. The minimum Gasteiger partial charge on any atom is -0.383 e. The van der Waals surface area contributed by atoms with Gasteiger partial charge < -0.3 is 9.64 Å². The largest absolute Gasteiger partial charge is 0.383 e. The fourth-order valence-corrected chi connectivity index (χ4v) is 4.05. The maximum Gasteiger partial charge on any atom is 0.240 e. The van der Waals surface area contributed by atoms with E-state index in [2.05, 4.69) is 22.4 Å². The zero-order valence-corrected chi connectivity index (χ0v) is 12.8. The van der Waals surface area contributed by atoms with Crippen molar-refractivity contribution in [3.63, 3.8) is 0 Å². The molecule has 1 amide bonds. The minimum atomic E-state index is 0.0847. The summed E-state index contributed by atoms with van der Waals surface area (Å²) < 4.78 is 5.12. The van der Waals surface area contributed by atoms with Crippen molar-refractivity contribution in [3.05, 3.63) is 22.4 Å². The molecule has 1 aromatic heterocycles. The Labute approximate surface area is 124 Å². The Hall–Kier alpha value is -0.910. The summed E-state index contributed by atoms with van der Waals surface area (Å²) in [6.07, 6.45) is 2.24. The summed E-state index contributed by atoms with van der Waals surface area (Å²) in [5.41, 5.74) is 0. The lowest BCUT2D eigenvalue weighted by molar-refractivity contribution is -0.146. The predicted octanol–water partition coefficient (Wildman–Crippen LogP) is 1.82. The van der Waals surface area contributed by atoms with E-state index in [0.29, 0.717) is 18.4 Å². The standard InChI is InChI=1S/C15H22N2O2S/c1-19-7-6-17-10-12-4-5-16(14(9-12)15(17)18)11-13-3-2-8-20-13/h2-3,8,12,14H,4-7,9-11H2,1H3/t12-,14+/m0/s1. The van der Waals surface area contributed by atoms with Crippen LogP contribution >= 0.6 is 11.3 Å². The van der Waals surface area contributed by atoms with Crippen LogP contribution in [0.2, 0.25) is 0 Å². The van der Waals surface area contributed by atoms with Gasteiger partial charge in [0.15, 0.2) is 0 Å². The molecule has 110 valence electrons. The van der Waals surface area contributed by atoms with Gasteiger partial charge in [0, 0.05) is 31.6 Å². The van der Waals surface area contributed by atoms with E-state index < -0.39 is 0 Å². The first kappa shape index (κ1) is 14.0. The van der Waals surface area contributed by atoms with Crippen molar-refractivity contribution in [2.45, 2.75) is 25.4 Å². The summed E-state index contributed by atoms with van der Waals surface area (Å²) >= 11 is 1.78. The number of thiophene rings is 1. The number of fused-ring (bicyclic) bond motifs is 2. The van der Waals surface area contributed by atoms with Crippen LogP contribution in [-0.2, 0) is 16.1 Å².